The van der Waals surface area contributed by atoms with Gasteiger partial charge in [-0.1, -0.05) is 15.9 Å². The Balaban J connectivity index is 2.33. The second kappa shape index (κ2) is 6.32. The van der Waals surface area contributed by atoms with Crippen molar-refractivity contribution in [1.29, 1.82) is 0 Å². The van der Waals surface area contributed by atoms with Crippen LogP contribution >= 0.6 is 15.9 Å². The Morgan fingerprint density at radius 3 is 2.90 bits per heavy atom. The average molecular weight is 342 g/mol. The zero-order valence-corrected chi connectivity index (χ0v) is 12.7. The lowest BCUT2D eigenvalue weighted by Crippen LogP contribution is -2.40. The monoisotopic (exact) mass is 341 g/mol. The van der Waals surface area contributed by atoms with E-state index in [2.05, 4.69) is 26.1 Å². The first-order chi connectivity index (χ1) is 9.51. The van der Waals surface area contributed by atoms with Crippen molar-refractivity contribution < 1.29 is 9.72 Å². The van der Waals surface area contributed by atoms with Gasteiger partial charge < -0.3 is 10.2 Å². The largest absolute Gasteiger partial charge is 0.375 e. The Morgan fingerprint density at radius 2 is 2.30 bits per heavy atom. The number of aldehydes is 1. The summed E-state index contributed by atoms with van der Waals surface area (Å²) in [6.07, 6.45) is 2.62. The van der Waals surface area contributed by atoms with Crippen molar-refractivity contribution in [3.63, 3.8) is 0 Å². The van der Waals surface area contributed by atoms with Gasteiger partial charge in [-0.25, -0.2) is 0 Å². The zero-order valence-electron chi connectivity index (χ0n) is 11.1. The van der Waals surface area contributed by atoms with Crippen LogP contribution in [0.4, 0.5) is 11.4 Å². The van der Waals surface area contributed by atoms with E-state index in [-0.39, 0.29) is 11.7 Å². The summed E-state index contributed by atoms with van der Waals surface area (Å²) < 4.78 is 0.526. The molecule has 1 saturated heterocycles. The molecule has 2 rings (SSSR count). The third-order valence-corrected chi connectivity index (χ3v) is 3.87. The maximum atomic E-state index is 11.2. The second-order valence-corrected chi connectivity index (χ2v) is 5.93. The molecular formula is C13H16BrN3O3. The SMILES string of the molecule is CN1CCCC(Nc2c(C=O)cc(Br)cc2[N+](=O)[O-])C1. The molecule has 1 aliphatic rings. The molecule has 7 heteroatoms. The van der Waals surface area contributed by atoms with Gasteiger partial charge in [-0.05, 0) is 32.5 Å². The topological polar surface area (TPSA) is 75.5 Å². The van der Waals surface area contributed by atoms with E-state index in [1.165, 1.54) is 6.07 Å². The highest BCUT2D eigenvalue weighted by Crippen LogP contribution is 2.32. The third-order valence-electron chi connectivity index (χ3n) is 3.41. The van der Waals surface area contributed by atoms with Crippen molar-refractivity contribution in [1.82, 2.24) is 4.90 Å². The number of hydrogen-bond donors (Lipinski definition) is 1. The number of piperidine rings is 1. The molecule has 0 aromatic heterocycles. The fourth-order valence-corrected chi connectivity index (χ4v) is 2.96. The van der Waals surface area contributed by atoms with Crippen LogP contribution in [0.3, 0.4) is 0 Å². The quantitative estimate of drug-likeness (QED) is 0.517. The number of nitrogens with zero attached hydrogens (tertiary/aromatic N) is 2. The van der Waals surface area contributed by atoms with Gasteiger partial charge >= 0.3 is 0 Å². The minimum Gasteiger partial charge on any atom is -0.375 e. The molecule has 0 bridgehead atoms. The third kappa shape index (κ3) is 3.34. The molecule has 1 unspecified atom stereocenters. The first-order valence-electron chi connectivity index (χ1n) is 6.39. The first-order valence-corrected chi connectivity index (χ1v) is 7.18. The van der Waals surface area contributed by atoms with Crippen LogP contribution in [-0.4, -0.2) is 42.3 Å². The van der Waals surface area contributed by atoms with Crippen LogP contribution in [0, 0.1) is 10.1 Å². The van der Waals surface area contributed by atoms with E-state index in [1.54, 1.807) is 6.07 Å². The Morgan fingerprint density at radius 1 is 1.55 bits per heavy atom. The molecule has 1 aliphatic heterocycles. The average Bonchev–Trinajstić information content (AvgIpc) is 2.40. The number of benzene rings is 1. The molecule has 20 heavy (non-hydrogen) atoms. The predicted molar refractivity (Wildman–Crippen MR) is 80.3 cm³/mol. The van der Waals surface area contributed by atoms with Gasteiger partial charge in [0.15, 0.2) is 6.29 Å². The number of nitro groups is 1. The van der Waals surface area contributed by atoms with Crippen molar-refractivity contribution in [3.05, 3.63) is 32.3 Å². The van der Waals surface area contributed by atoms with Crippen molar-refractivity contribution in [2.45, 2.75) is 18.9 Å². The van der Waals surface area contributed by atoms with Crippen LogP contribution in [0.25, 0.3) is 0 Å². The molecule has 1 heterocycles. The van der Waals surface area contributed by atoms with E-state index in [9.17, 15) is 14.9 Å². The summed E-state index contributed by atoms with van der Waals surface area (Å²) in [7, 11) is 2.02. The highest BCUT2D eigenvalue weighted by Gasteiger charge is 2.24. The number of nitro benzene ring substituents is 1. The van der Waals surface area contributed by atoms with E-state index in [4.69, 9.17) is 0 Å². The van der Waals surface area contributed by atoms with Gasteiger partial charge in [0, 0.05) is 28.7 Å². The maximum absolute atomic E-state index is 11.2. The molecule has 6 nitrogen and oxygen atoms in total. The molecule has 0 radical (unpaired) electrons. The minimum atomic E-state index is -0.466. The molecule has 0 saturated carbocycles. The molecule has 0 spiro atoms. The van der Waals surface area contributed by atoms with Gasteiger partial charge in [-0.3, -0.25) is 14.9 Å². The lowest BCUT2D eigenvalue weighted by Gasteiger charge is -2.31. The van der Waals surface area contributed by atoms with E-state index in [1.807, 2.05) is 7.05 Å². The normalized spacial score (nSPS) is 19.6. The zero-order chi connectivity index (χ0) is 14.7. The highest BCUT2D eigenvalue weighted by atomic mass is 79.9. The van der Waals surface area contributed by atoms with Gasteiger partial charge in [0.2, 0.25) is 0 Å². The summed E-state index contributed by atoms with van der Waals surface area (Å²) >= 11 is 3.19. The number of carbonyl (C=O) groups is 1. The Labute approximate surface area is 125 Å². The molecule has 1 fully saturated rings. The van der Waals surface area contributed by atoms with Crippen LogP contribution in [0.1, 0.15) is 23.2 Å². The van der Waals surface area contributed by atoms with Crippen molar-refractivity contribution >= 4 is 33.6 Å². The first kappa shape index (κ1) is 14.9. The highest BCUT2D eigenvalue weighted by molar-refractivity contribution is 9.10. The number of carbonyl (C=O) groups excluding carboxylic acids is 1. The molecule has 0 aliphatic carbocycles. The number of anilines is 1. The summed E-state index contributed by atoms with van der Waals surface area (Å²) in [5.74, 6) is 0. The van der Waals surface area contributed by atoms with Crippen molar-refractivity contribution in [2.24, 2.45) is 0 Å². The molecule has 1 aromatic rings. The standard InChI is InChI=1S/C13H16BrN3O3/c1-16-4-2-3-11(7-16)15-13-9(8-18)5-10(14)6-12(13)17(19)20/h5-6,8,11,15H,2-4,7H2,1H3. The molecular weight excluding hydrogens is 326 g/mol. The molecule has 0 amide bonds. The molecule has 108 valence electrons. The number of halogens is 1. The van der Waals surface area contributed by atoms with Crippen LogP contribution in [0.15, 0.2) is 16.6 Å². The lowest BCUT2D eigenvalue weighted by atomic mass is 10.0. The van der Waals surface area contributed by atoms with Gasteiger partial charge in [-0.15, -0.1) is 0 Å². The van der Waals surface area contributed by atoms with Crippen molar-refractivity contribution in [2.75, 3.05) is 25.5 Å². The van der Waals surface area contributed by atoms with Gasteiger partial charge in [0.1, 0.15) is 5.69 Å². The molecule has 1 atom stereocenters. The number of hydrogen-bond acceptors (Lipinski definition) is 5. The van der Waals surface area contributed by atoms with Gasteiger partial charge in [0.25, 0.3) is 5.69 Å². The molecule has 1 N–H and O–H groups in total. The fourth-order valence-electron chi connectivity index (χ4n) is 2.50. The van der Waals surface area contributed by atoms with E-state index in [0.717, 1.165) is 25.9 Å². The Hall–Kier alpha value is -1.47. The maximum Gasteiger partial charge on any atom is 0.294 e. The minimum absolute atomic E-state index is 0.0744. The summed E-state index contributed by atoms with van der Waals surface area (Å²) in [5, 5.41) is 14.3. The van der Waals surface area contributed by atoms with E-state index in [0.29, 0.717) is 22.0 Å². The number of likely N-dealkylation sites (N-methyl/N-ethyl adjacent to an activating group) is 1. The predicted octanol–water partition coefficient (Wildman–Crippen LogP) is 2.68. The van der Waals surface area contributed by atoms with Gasteiger partial charge in [-0.2, -0.15) is 0 Å². The van der Waals surface area contributed by atoms with Crippen LogP contribution in [0.2, 0.25) is 0 Å². The fraction of sp³-hybridized carbons (Fsp3) is 0.462. The van der Waals surface area contributed by atoms with E-state index >= 15 is 0 Å². The summed E-state index contributed by atoms with van der Waals surface area (Å²) in [6.45, 7) is 1.84. The lowest BCUT2D eigenvalue weighted by molar-refractivity contribution is -0.384. The molecule has 1 aromatic carbocycles. The Bertz CT molecular complexity index is 536. The van der Waals surface area contributed by atoms with Crippen molar-refractivity contribution in [3.8, 4) is 0 Å². The van der Waals surface area contributed by atoms with E-state index < -0.39 is 4.92 Å². The smallest absolute Gasteiger partial charge is 0.294 e. The number of likely N-dealkylation sites (tertiary alicyclic amines) is 1. The second-order valence-electron chi connectivity index (χ2n) is 5.01. The summed E-state index contributed by atoms with van der Waals surface area (Å²) in [4.78, 5) is 24.0. The van der Waals surface area contributed by atoms with Crippen LogP contribution in [-0.2, 0) is 0 Å². The Kier molecular flexibility index (Phi) is 4.72. The van der Waals surface area contributed by atoms with Crippen LogP contribution < -0.4 is 5.32 Å². The van der Waals surface area contributed by atoms with Crippen LogP contribution in [0.5, 0.6) is 0 Å². The van der Waals surface area contributed by atoms with Gasteiger partial charge in [0.05, 0.1) is 4.92 Å². The number of rotatable bonds is 4. The summed E-state index contributed by atoms with van der Waals surface area (Å²) in [5.41, 5.74) is 0.544. The number of nitrogens with one attached hydrogen (secondary N) is 1. The summed E-state index contributed by atoms with van der Waals surface area (Å²) in [6, 6.07) is 3.13.